The first-order valence-electron chi connectivity index (χ1n) is 10.9. The number of thiazole rings is 1. The normalized spacial score (nSPS) is 10.6. The van der Waals surface area contributed by atoms with Gasteiger partial charge in [0.15, 0.2) is 16.6 Å². The van der Waals surface area contributed by atoms with E-state index in [1.54, 1.807) is 26.2 Å². The van der Waals surface area contributed by atoms with Gasteiger partial charge < -0.3 is 14.2 Å². The summed E-state index contributed by atoms with van der Waals surface area (Å²) in [5.74, 6) is 1.37. The molecule has 0 N–H and O–H groups in total. The van der Waals surface area contributed by atoms with Crippen LogP contribution < -0.4 is 19.1 Å². The molecule has 0 saturated heterocycles. The van der Waals surface area contributed by atoms with Gasteiger partial charge in [-0.2, -0.15) is 0 Å². The van der Waals surface area contributed by atoms with Gasteiger partial charge in [-0.05, 0) is 72.6 Å². The van der Waals surface area contributed by atoms with Crippen LogP contribution in [0.2, 0.25) is 0 Å². The van der Waals surface area contributed by atoms with E-state index in [2.05, 4.69) is 0 Å². The third kappa shape index (κ3) is 5.60. The Bertz CT molecular complexity index is 1290. The topological polar surface area (TPSA) is 60.9 Å². The number of hydrogen-bond donors (Lipinski definition) is 0. The van der Waals surface area contributed by atoms with E-state index in [-0.39, 0.29) is 5.91 Å². The lowest BCUT2D eigenvalue weighted by Gasteiger charge is -2.20. The highest BCUT2D eigenvalue weighted by Crippen LogP contribution is 2.31. The summed E-state index contributed by atoms with van der Waals surface area (Å²) in [5, 5.41) is 2.48. The molecule has 0 unspecified atom stereocenters. The van der Waals surface area contributed by atoms with Crippen LogP contribution >= 0.6 is 11.3 Å². The molecular weight excluding hydrogens is 467 g/mol. The summed E-state index contributed by atoms with van der Waals surface area (Å²) >= 11 is 1.38. The lowest BCUT2D eigenvalue weighted by molar-refractivity contribution is 0.0987. The molecule has 1 aromatic heterocycles. The molecular formula is C27H25FN2O4S. The molecule has 35 heavy (non-hydrogen) atoms. The van der Waals surface area contributed by atoms with Crippen molar-refractivity contribution < 1.29 is 23.4 Å². The van der Waals surface area contributed by atoms with Crippen molar-refractivity contribution in [3.63, 3.8) is 0 Å². The third-order valence-corrected chi connectivity index (χ3v) is 6.38. The number of benzene rings is 3. The quantitative estimate of drug-likeness (QED) is 0.293. The molecule has 1 amide bonds. The fourth-order valence-corrected chi connectivity index (χ4v) is 4.45. The van der Waals surface area contributed by atoms with Crippen LogP contribution in [0, 0.1) is 5.82 Å². The molecule has 8 heteroatoms. The minimum Gasteiger partial charge on any atom is -0.497 e. The molecule has 3 aromatic carbocycles. The highest BCUT2D eigenvalue weighted by molar-refractivity contribution is 7.14. The number of amides is 1. The van der Waals surface area contributed by atoms with Crippen molar-refractivity contribution in [1.82, 2.24) is 4.98 Å². The number of carbonyl (C=O) groups is 1. The first-order valence-corrected chi connectivity index (χ1v) is 11.8. The SMILES string of the molecule is COc1ccc(-c2csc(N(CCc3ccc(OC)c(OC)c3)C(=O)c3ccc(F)cc3)n2)cc1. The van der Waals surface area contributed by atoms with E-state index in [0.717, 1.165) is 22.6 Å². The maximum atomic E-state index is 13.5. The maximum Gasteiger partial charge on any atom is 0.260 e. The summed E-state index contributed by atoms with van der Waals surface area (Å²) in [4.78, 5) is 19.8. The molecule has 0 aliphatic heterocycles. The van der Waals surface area contributed by atoms with Crippen LogP contribution in [0.15, 0.2) is 72.1 Å². The van der Waals surface area contributed by atoms with Gasteiger partial charge in [0.05, 0.1) is 27.0 Å². The van der Waals surface area contributed by atoms with Crippen LogP contribution in [0.25, 0.3) is 11.3 Å². The highest BCUT2D eigenvalue weighted by atomic mass is 32.1. The fraction of sp³-hybridized carbons (Fsp3) is 0.185. The van der Waals surface area contributed by atoms with Crippen LogP contribution in [0.5, 0.6) is 17.2 Å². The maximum absolute atomic E-state index is 13.5. The molecule has 0 radical (unpaired) electrons. The van der Waals surface area contributed by atoms with E-state index < -0.39 is 5.82 Å². The average molecular weight is 493 g/mol. The van der Waals surface area contributed by atoms with Crippen molar-refractivity contribution in [2.45, 2.75) is 6.42 Å². The molecule has 0 saturated carbocycles. The predicted molar refractivity (Wildman–Crippen MR) is 135 cm³/mol. The molecule has 4 rings (SSSR count). The fourth-order valence-electron chi connectivity index (χ4n) is 3.59. The van der Waals surface area contributed by atoms with Gasteiger partial charge in [-0.3, -0.25) is 9.69 Å². The highest BCUT2D eigenvalue weighted by Gasteiger charge is 2.21. The first-order chi connectivity index (χ1) is 17.0. The zero-order valence-corrected chi connectivity index (χ0v) is 20.5. The van der Waals surface area contributed by atoms with Crippen LogP contribution in [0.1, 0.15) is 15.9 Å². The van der Waals surface area contributed by atoms with E-state index >= 15 is 0 Å². The van der Waals surface area contributed by atoms with Crippen LogP contribution in [-0.4, -0.2) is 38.8 Å². The Morgan fingerprint density at radius 3 is 2.29 bits per heavy atom. The monoisotopic (exact) mass is 492 g/mol. The number of carbonyl (C=O) groups excluding carboxylic acids is 1. The summed E-state index contributed by atoms with van der Waals surface area (Å²) in [6.07, 6.45) is 0.560. The summed E-state index contributed by atoms with van der Waals surface area (Å²) in [5.41, 5.74) is 3.05. The Morgan fingerprint density at radius 2 is 1.63 bits per heavy atom. The molecule has 0 aliphatic rings. The van der Waals surface area contributed by atoms with Gasteiger partial charge in [-0.15, -0.1) is 11.3 Å². The van der Waals surface area contributed by atoms with Crippen LogP contribution in [0.4, 0.5) is 9.52 Å². The number of hydrogen-bond acceptors (Lipinski definition) is 6. The first kappa shape index (κ1) is 24.2. The number of anilines is 1. The van der Waals surface area contributed by atoms with Crippen molar-refractivity contribution in [3.05, 3.63) is 89.1 Å². The Morgan fingerprint density at radius 1 is 0.914 bits per heavy atom. The predicted octanol–water partition coefficient (Wildman–Crippen LogP) is 5.86. The van der Waals surface area contributed by atoms with Crippen molar-refractivity contribution in [2.75, 3.05) is 32.8 Å². The number of nitrogens with zero attached hydrogens (tertiary/aromatic N) is 2. The zero-order chi connectivity index (χ0) is 24.8. The molecule has 0 aliphatic carbocycles. The lowest BCUT2D eigenvalue weighted by Crippen LogP contribution is -2.33. The smallest absolute Gasteiger partial charge is 0.260 e. The van der Waals surface area contributed by atoms with E-state index in [1.165, 1.54) is 35.6 Å². The summed E-state index contributed by atoms with van der Waals surface area (Å²) in [7, 11) is 4.79. The van der Waals surface area contributed by atoms with E-state index in [0.29, 0.717) is 35.2 Å². The number of methoxy groups -OCH3 is 3. The second-order valence-corrected chi connectivity index (χ2v) is 8.48. The number of ether oxygens (including phenoxy) is 3. The second-order valence-electron chi connectivity index (χ2n) is 7.65. The van der Waals surface area contributed by atoms with E-state index in [9.17, 15) is 9.18 Å². The van der Waals surface area contributed by atoms with Crippen LogP contribution in [0.3, 0.4) is 0 Å². The summed E-state index contributed by atoms with van der Waals surface area (Å²) in [6.45, 7) is 0.376. The molecule has 0 fully saturated rings. The summed E-state index contributed by atoms with van der Waals surface area (Å²) < 4.78 is 29.4. The Kier molecular flexibility index (Phi) is 7.62. The van der Waals surface area contributed by atoms with E-state index in [1.807, 2.05) is 47.8 Å². The molecule has 6 nitrogen and oxygen atoms in total. The minimum absolute atomic E-state index is 0.249. The zero-order valence-electron chi connectivity index (χ0n) is 19.7. The second kappa shape index (κ2) is 11.0. The largest absolute Gasteiger partial charge is 0.497 e. The van der Waals surface area contributed by atoms with Crippen molar-refractivity contribution >= 4 is 22.4 Å². The molecule has 0 spiro atoms. The Balaban J connectivity index is 1.62. The minimum atomic E-state index is -0.394. The molecule has 4 aromatic rings. The third-order valence-electron chi connectivity index (χ3n) is 5.52. The molecule has 1 heterocycles. The lowest BCUT2D eigenvalue weighted by atomic mass is 10.1. The van der Waals surface area contributed by atoms with Crippen LogP contribution in [-0.2, 0) is 6.42 Å². The van der Waals surface area contributed by atoms with E-state index in [4.69, 9.17) is 19.2 Å². The van der Waals surface area contributed by atoms with Gasteiger partial charge in [-0.25, -0.2) is 9.37 Å². The van der Waals surface area contributed by atoms with Gasteiger partial charge >= 0.3 is 0 Å². The van der Waals surface area contributed by atoms with Gasteiger partial charge in [0.25, 0.3) is 5.91 Å². The van der Waals surface area contributed by atoms with Gasteiger partial charge in [0.2, 0.25) is 0 Å². The van der Waals surface area contributed by atoms with Gasteiger partial charge in [0, 0.05) is 23.1 Å². The van der Waals surface area contributed by atoms with Gasteiger partial charge in [-0.1, -0.05) is 6.07 Å². The average Bonchev–Trinajstić information content (AvgIpc) is 3.39. The Hall–Kier alpha value is -3.91. The Labute approximate surface area is 207 Å². The van der Waals surface area contributed by atoms with Crippen molar-refractivity contribution in [1.29, 1.82) is 0 Å². The van der Waals surface area contributed by atoms with Crippen molar-refractivity contribution in [3.8, 4) is 28.5 Å². The number of halogens is 1. The molecule has 0 atom stereocenters. The standard InChI is InChI=1S/C27H25FN2O4S/c1-32-22-11-7-19(8-12-22)23-17-35-27(29-23)30(26(31)20-5-9-21(28)10-6-20)15-14-18-4-13-24(33-2)25(16-18)34-3/h4-13,16-17H,14-15H2,1-3H3. The summed E-state index contributed by atoms with van der Waals surface area (Å²) in [6, 6.07) is 18.8. The molecule has 180 valence electrons. The number of aromatic nitrogens is 1. The number of rotatable bonds is 9. The molecule has 0 bridgehead atoms. The van der Waals surface area contributed by atoms with Crippen molar-refractivity contribution in [2.24, 2.45) is 0 Å². The van der Waals surface area contributed by atoms with Gasteiger partial charge in [0.1, 0.15) is 11.6 Å².